The summed E-state index contributed by atoms with van der Waals surface area (Å²) in [6.45, 7) is 2.79. The van der Waals surface area contributed by atoms with Crippen LogP contribution >= 0.6 is 0 Å². The molecule has 0 radical (unpaired) electrons. The van der Waals surface area contributed by atoms with Crippen molar-refractivity contribution >= 4 is 11.5 Å². The van der Waals surface area contributed by atoms with Crippen LogP contribution < -0.4 is 10.6 Å². The van der Waals surface area contributed by atoms with Gasteiger partial charge in [0.05, 0.1) is 18.5 Å². The fraction of sp³-hybridized carbons (Fsp3) is 0.500. The third kappa shape index (κ3) is 2.60. The number of rotatable bonds is 4. The number of nitrogens with zero attached hydrogens (tertiary/aromatic N) is 2. The highest BCUT2D eigenvalue weighted by Gasteiger charge is 2.09. The molecule has 0 spiro atoms. The zero-order valence-corrected chi connectivity index (χ0v) is 8.90. The molecule has 0 bridgehead atoms. The standard InChI is InChI=1S/C10H17N3O/c1-8(7-14-3)13(2)9-4-5-10(11)12-6-9/h4-6,8H,7H2,1-3H3,(H2,11,12). The molecule has 78 valence electrons. The first-order valence-electron chi connectivity index (χ1n) is 4.58. The molecule has 4 nitrogen and oxygen atoms in total. The predicted molar refractivity (Wildman–Crippen MR) is 58.4 cm³/mol. The van der Waals surface area contributed by atoms with Gasteiger partial charge in [0.15, 0.2) is 0 Å². The summed E-state index contributed by atoms with van der Waals surface area (Å²) < 4.78 is 5.08. The van der Waals surface area contributed by atoms with Gasteiger partial charge in [-0.2, -0.15) is 0 Å². The van der Waals surface area contributed by atoms with Crippen LogP contribution in [0.3, 0.4) is 0 Å². The van der Waals surface area contributed by atoms with E-state index in [4.69, 9.17) is 10.5 Å². The maximum Gasteiger partial charge on any atom is 0.123 e. The minimum absolute atomic E-state index is 0.324. The number of likely N-dealkylation sites (N-methyl/N-ethyl adjacent to an activating group) is 1. The molecule has 0 aliphatic heterocycles. The molecule has 0 aliphatic carbocycles. The summed E-state index contributed by atoms with van der Waals surface area (Å²) in [7, 11) is 3.71. The number of methoxy groups -OCH3 is 1. The second-order valence-electron chi connectivity index (χ2n) is 3.36. The summed E-state index contributed by atoms with van der Waals surface area (Å²) in [6.07, 6.45) is 1.77. The Bertz CT molecular complexity index is 273. The summed E-state index contributed by atoms with van der Waals surface area (Å²) in [5.41, 5.74) is 6.55. The molecule has 0 saturated carbocycles. The first-order chi connectivity index (χ1) is 6.65. The Morgan fingerprint density at radius 1 is 1.57 bits per heavy atom. The lowest BCUT2D eigenvalue weighted by atomic mass is 10.3. The van der Waals surface area contributed by atoms with E-state index in [1.165, 1.54) is 0 Å². The predicted octanol–water partition coefficient (Wildman–Crippen LogP) is 1.13. The lowest BCUT2D eigenvalue weighted by Gasteiger charge is -2.25. The van der Waals surface area contributed by atoms with Crippen molar-refractivity contribution in [3.8, 4) is 0 Å². The molecule has 1 aromatic rings. The van der Waals surface area contributed by atoms with Gasteiger partial charge in [-0.05, 0) is 19.1 Å². The maximum atomic E-state index is 5.51. The lowest BCUT2D eigenvalue weighted by Crippen LogP contribution is -2.32. The summed E-state index contributed by atoms with van der Waals surface area (Å²) in [5.74, 6) is 0.543. The van der Waals surface area contributed by atoms with Gasteiger partial charge in [-0.15, -0.1) is 0 Å². The number of nitrogens with two attached hydrogens (primary N) is 1. The minimum atomic E-state index is 0.324. The maximum absolute atomic E-state index is 5.51. The van der Waals surface area contributed by atoms with Crippen molar-refractivity contribution < 1.29 is 4.74 Å². The minimum Gasteiger partial charge on any atom is -0.384 e. The number of ether oxygens (including phenoxy) is 1. The monoisotopic (exact) mass is 195 g/mol. The largest absolute Gasteiger partial charge is 0.384 e. The highest BCUT2D eigenvalue weighted by molar-refractivity contribution is 5.47. The van der Waals surface area contributed by atoms with Crippen LogP contribution in [0.5, 0.6) is 0 Å². The molecule has 2 N–H and O–H groups in total. The molecule has 0 aromatic carbocycles. The Hall–Kier alpha value is -1.29. The summed E-state index contributed by atoms with van der Waals surface area (Å²) in [6, 6.07) is 4.07. The van der Waals surface area contributed by atoms with E-state index < -0.39 is 0 Å². The number of nitrogen functional groups attached to an aromatic ring is 1. The third-order valence-corrected chi connectivity index (χ3v) is 2.25. The van der Waals surface area contributed by atoms with Crippen LogP contribution in [0.2, 0.25) is 0 Å². The molecular formula is C10H17N3O. The number of anilines is 2. The Balaban J connectivity index is 2.68. The average Bonchev–Trinajstić information content (AvgIpc) is 2.18. The zero-order valence-electron chi connectivity index (χ0n) is 8.90. The number of hydrogen-bond acceptors (Lipinski definition) is 4. The molecule has 1 rings (SSSR count). The van der Waals surface area contributed by atoms with Gasteiger partial charge in [-0.25, -0.2) is 4.98 Å². The molecule has 4 heteroatoms. The summed E-state index contributed by atoms with van der Waals surface area (Å²) in [4.78, 5) is 6.15. The second kappa shape index (κ2) is 4.81. The van der Waals surface area contributed by atoms with Crippen LogP contribution in [0.15, 0.2) is 18.3 Å². The van der Waals surface area contributed by atoms with E-state index in [1.54, 1.807) is 19.4 Å². The van der Waals surface area contributed by atoms with E-state index in [0.717, 1.165) is 5.69 Å². The van der Waals surface area contributed by atoms with Gasteiger partial charge in [0.2, 0.25) is 0 Å². The normalized spacial score (nSPS) is 12.5. The van der Waals surface area contributed by atoms with E-state index in [0.29, 0.717) is 18.5 Å². The Kier molecular flexibility index (Phi) is 3.71. The van der Waals surface area contributed by atoms with Crippen molar-refractivity contribution in [1.82, 2.24) is 4.98 Å². The highest BCUT2D eigenvalue weighted by atomic mass is 16.5. The average molecular weight is 195 g/mol. The van der Waals surface area contributed by atoms with E-state index in [-0.39, 0.29) is 0 Å². The van der Waals surface area contributed by atoms with Gasteiger partial charge in [-0.1, -0.05) is 0 Å². The highest BCUT2D eigenvalue weighted by Crippen LogP contribution is 2.14. The molecule has 1 atom stereocenters. The van der Waals surface area contributed by atoms with Gasteiger partial charge < -0.3 is 15.4 Å². The lowest BCUT2D eigenvalue weighted by molar-refractivity contribution is 0.183. The van der Waals surface area contributed by atoms with Crippen molar-refractivity contribution in [2.75, 3.05) is 31.4 Å². The van der Waals surface area contributed by atoms with Gasteiger partial charge >= 0.3 is 0 Å². The van der Waals surface area contributed by atoms with Gasteiger partial charge in [-0.3, -0.25) is 0 Å². The quantitative estimate of drug-likeness (QED) is 0.782. The first kappa shape index (κ1) is 10.8. The molecule has 1 heterocycles. The molecule has 1 unspecified atom stereocenters. The van der Waals surface area contributed by atoms with Crippen molar-refractivity contribution in [1.29, 1.82) is 0 Å². The van der Waals surface area contributed by atoms with Crippen molar-refractivity contribution in [2.45, 2.75) is 13.0 Å². The Morgan fingerprint density at radius 2 is 2.29 bits per heavy atom. The zero-order chi connectivity index (χ0) is 10.6. The van der Waals surface area contributed by atoms with Crippen molar-refractivity contribution in [3.05, 3.63) is 18.3 Å². The van der Waals surface area contributed by atoms with Crippen LogP contribution in [0.25, 0.3) is 0 Å². The van der Waals surface area contributed by atoms with Crippen LogP contribution in [0.4, 0.5) is 11.5 Å². The van der Waals surface area contributed by atoms with Gasteiger partial charge in [0.1, 0.15) is 5.82 Å². The summed E-state index contributed by atoms with van der Waals surface area (Å²) in [5, 5.41) is 0. The number of hydrogen-bond donors (Lipinski definition) is 1. The van der Waals surface area contributed by atoms with E-state index in [9.17, 15) is 0 Å². The molecule has 0 aliphatic rings. The molecule has 1 aromatic heterocycles. The summed E-state index contributed by atoms with van der Waals surface area (Å²) >= 11 is 0. The second-order valence-corrected chi connectivity index (χ2v) is 3.36. The fourth-order valence-corrected chi connectivity index (χ4v) is 1.21. The van der Waals surface area contributed by atoms with Crippen LogP contribution in [0.1, 0.15) is 6.92 Å². The Morgan fingerprint density at radius 3 is 2.79 bits per heavy atom. The SMILES string of the molecule is COCC(C)N(C)c1ccc(N)nc1. The smallest absolute Gasteiger partial charge is 0.123 e. The van der Waals surface area contributed by atoms with Gasteiger partial charge in [0, 0.05) is 20.2 Å². The fourth-order valence-electron chi connectivity index (χ4n) is 1.21. The molecular weight excluding hydrogens is 178 g/mol. The van der Waals surface area contributed by atoms with Gasteiger partial charge in [0.25, 0.3) is 0 Å². The Labute approximate surface area is 84.7 Å². The van der Waals surface area contributed by atoms with E-state index in [2.05, 4.69) is 16.8 Å². The molecule has 14 heavy (non-hydrogen) atoms. The van der Waals surface area contributed by atoms with Crippen LogP contribution in [-0.2, 0) is 4.74 Å². The van der Waals surface area contributed by atoms with Crippen molar-refractivity contribution in [2.24, 2.45) is 0 Å². The number of aromatic nitrogens is 1. The molecule has 0 saturated heterocycles. The molecule has 0 fully saturated rings. The number of pyridine rings is 1. The third-order valence-electron chi connectivity index (χ3n) is 2.25. The molecule has 0 amide bonds. The van der Waals surface area contributed by atoms with E-state index >= 15 is 0 Å². The van der Waals surface area contributed by atoms with E-state index in [1.807, 2.05) is 13.1 Å². The van der Waals surface area contributed by atoms with Crippen molar-refractivity contribution in [3.63, 3.8) is 0 Å². The van der Waals surface area contributed by atoms with Crippen LogP contribution in [-0.4, -0.2) is 31.8 Å². The first-order valence-corrected chi connectivity index (χ1v) is 4.58. The topological polar surface area (TPSA) is 51.4 Å². The van der Waals surface area contributed by atoms with Crippen LogP contribution in [0, 0.1) is 0 Å².